The Morgan fingerprint density at radius 3 is 2.65 bits per heavy atom. The third kappa shape index (κ3) is 3.35. The molecule has 2 aromatic rings. The van der Waals surface area contributed by atoms with Crippen molar-refractivity contribution < 1.29 is 9.59 Å². The zero-order valence-electron chi connectivity index (χ0n) is 10.7. The van der Waals surface area contributed by atoms with Crippen LogP contribution in [0.1, 0.15) is 5.82 Å². The summed E-state index contributed by atoms with van der Waals surface area (Å²) in [5, 5.41) is 10.6. The number of aryl methyl sites for hydroxylation is 1. The molecule has 0 atom stereocenters. The first-order valence-electron chi connectivity index (χ1n) is 5.77. The van der Waals surface area contributed by atoms with Gasteiger partial charge in [0.2, 0.25) is 5.91 Å². The minimum absolute atomic E-state index is 0.0356. The van der Waals surface area contributed by atoms with Crippen LogP contribution in [0.4, 0.5) is 4.79 Å². The molecule has 8 heteroatoms. The molecular formula is C12H13N5O2S. The van der Waals surface area contributed by atoms with Crippen molar-refractivity contribution in [2.45, 2.75) is 12.1 Å². The van der Waals surface area contributed by atoms with Crippen molar-refractivity contribution in [3.8, 4) is 5.69 Å². The van der Waals surface area contributed by atoms with Gasteiger partial charge in [-0.2, -0.15) is 0 Å². The molecule has 20 heavy (non-hydrogen) atoms. The van der Waals surface area contributed by atoms with Gasteiger partial charge in [-0.1, -0.05) is 30.0 Å². The maximum absolute atomic E-state index is 11.4. The number of aromatic nitrogens is 3. The van der Waals surface area contributed by atoms with Gasteiger partial charge in [0.05, 0.1) is 5.75 Å². The predicted molar refractivity (Wildman–Crippen MR) is 74.5 cm³/mol. The first-order valence-corrected chi connectivity index (χ1v) is 6.76. The molecule has 0 aliphatic heterocycles. The molecule has 7 nitrogen and oxygen atoms in total. The van der Waals surface area contributed by atoms with E-state index in [1.54, 1.807) is 0 Å². The molecule has 0 aliphatic rings. The average Bonchev–Trinajstić information content (AvgIpc) is 2.78. The first-order chi connectivity index (χ1) is 9.58. The van der Waals surface area contributed by atoms with E-state index >= 15 is 0 Å². The lowest BCUT2D eigenvalue weighted by Gasteiger charge is -2.07. The number of amides is 3. The van der Waals surface area contributed by atoms with Crippen LogP contribution < -0.4 is 11.1 Å². The number of carbonyl (C=O) groups is 2. The molecule has 0 saturated carbocycles. The molecule has 1 aromatic heterocycles. The summed E-state index contributed by atoms with van der Waals surface area (Å²) in [6.45, 7) is 1.83. The Kier molecular flexibility index (Phi) is 4.36. The number of hydrogen-bond donors (Lipinski definition) is 2. The number of hydrogen-bond acceptors (Lipinski definition) is 5. The van der Waals surface area contributed by atoms with E-state index in [9.17, 15) is 9.59 Å². The van der Waals surface area contributed by atoms with E-state index in [0.29, 0.717) is 11.0 Å². The molecular weight excluding hydrogens is 278 g/mol. The number of para-hydroxylation sites is 1. The lowest BCUT2D eigenvalue weighted by Crippen LogP contribution is -2.36. The van der Waals surface area contributed by atoms with Crippen LogP contribution in [0.15, 0.2) is 35.5 Å². The highest BCUT2D eigenvalue weighted by Crippen LogP contribution is 2.21. The third-order valence-corrected chi connectivity index (χ3v) is 3.33. The number of primary amides is 1. The van der Waals surface area contributed by atoms with Gasteiger partial charge in [-0.05, 0) is 19.1 Å². The number of benzene rings is 1. The molecule has 1 aromatic carbocycles. The Hall–Kier alpha value is -2.35. The maximum Gasteiger partial charge on any atom is 0.318 e. The van der Waals surface area contributed by atoms with E-state index in [2.05, 4.69) is 10.2 Å². The molecule has 0 aliphatic carbocycles. The van der Waals surface area contributed by atoms with E-state index in [0.717, 1.165) is 5.69 Å². The molecule has 0 radical (unpaired) electrons. The Morgan fingerprint density at radius 2 is 2.00 bits per heavy atom. The third-order valence-electron chi connectivity index (χ3n) is 2.40. The second-order valence-electron chi connectivity index (χ2n) is 3.90. The van der Waals surface area contributed by atoms with Gasteiger partial charge in [0, 0.05) is 5.69 Å². The summed E-state index contributed by atoms with van der Waals surface area (Å²) >= 11 is 1.18. The Balaban J connectivity index is 2.14. The lowest BCUT2D eigenvalue weighted by atomic mass is 10.3. The Morgan fingerprint density at radius 1 is 1.30 bits per heavy atom. The van der Waals surface area contributed by atoms with Crippen LogP contribution in [-0.2, 0) is 4.79 Å². The summed E-state index contributed by atoms with van der Waals surface area (Å²) in [7, 11) is 0. The van der Waals surface area contributed by atoms with Crippen LogP contribution in [0.25, 0.3) is 5.69 Å². The maximum atomic E-state index is 11.4. The second kappa shape index (κ2) is 6.20. The van der Waals surface area contributed by atoms with Crippen molar-refractivity contribution >= 4 is 23.7 Å². The normalized spacial score (nSPS) is 10.2. The summed E-state index contributed by atoms with van der Waals surface area (Å²) < 4.78 is 1.84. The zero-order chi connectivity index (χ0) is 14.5. The van der Waals surface area contributed by atoms with E-state index in [-0.39, 0.29) is 5.75 Å². The van der Waals surface area contributed by atoms with Crippen LogP contribution >= 0.6 is 11.8 Å². The Labute approximate surface area is 119 Å². The number of rotatable bonds is 4. The lowest BCUT2D eigenvalue weighted by molar-refractivity contribution is -0.117. The summed E-state index contributed by atoms with van der Waals surface area (Å²) in [6.07, 6.45) is 0. The van der Waals surface area contributed by atoms with Crippen LogP contribution in [-0.4, -0.2) is 32.5 Å². The number of nitrogens with one attached hydrogen (secondary N) is 1. The highest BCUT2D eigenvalue weighted by atomic mass is 32.2. The van der Waals surface area contributed by atoms with Crippen molar-refractivity contribution in [1.29, 1.82) is 0 Å². The summed E-state index contributed by atoms with van der Waals surface area (Å²) in [5.41, 5.74) is 5.78. The largest absolute Gasteiger partial charge is 0.351 e. The first kappa shape index (κ1) is 14.1. The standard InChI is InChI=1S/C12H13N5O2S/c1-8-15-16-12(20-7-10(18)14-11(13)19)17(8)9-5-3-2-4-6-9/h2-6H,7H2,1H3,(H3,13,14,18,19). The minimum Gasteiger partial charge on any atom is -0.351 e. The molecule has 0 unspecified atom stereocenters. The average molecular weight is 291 g/mol. The summed E-state index contributed by atoms with van der Waals surface area (Å²) in [6, 6.07) is 8.70. The zero-order valence-corrected chi connectivity index (χ0v) is 11.6. The van der Waals surface area contributed by atoms with E-state index in [1.807, 2.05) is 47.1 Å². The highest BCUT2D eigenvalue weighted by molar-refractivity contribution is 7.99. The molecule has 0 bridgehead atoms. The molecule has 3 N–H and O–H groups in total. The fraction of sp³-hybridized carbons (Fsp3) is 0.167. The number of thioether (sulfide) groups is 1. The molecule has 0 saturated heterocycles. The van der Waals surface area contributed by atoms with Crippen molar-refractivity contribution in [2.75, 3.05) is 5.75 Å². The minimum atomic E-state index is -0.865. The molecule has 3 amide bonds. The highest BCUT2D eigenvalue weighted by Gasteiger charge is 2.13. The summed E-state index contributed by atoms with van der Waals surface area (Å²) in [5.74, 6) is 0.283. The van der Waals surface area contributed by atoms with E-state index < -0.39 is 11.9 Å². The van der Waals surface area contributed by atoms with Gasteiger partial charge < -0.3 is 5.73 Å². The van der Waals surface area contributed by atoms with Crippen LogP contribution in [0.5, 0.6) is 0 Å². The van der Waals surface area contributed by atoms with Gasteiger partial charge in [0.25, 0.3) is 0 Å². The van der Waals surface area contributed by atoms with Crippen LogP contribution in [0, 0.1) is 6.92 Å². The molecule has 0 spiro atoms. The second-order valence-corrected chi connectivity index (χ2v) is 4.84. The van der Waals surface area contributed by atoms with Gasteiger partial charge in [-0.25, -0.2) is 4.79 Å². The molecule has 1 heterocycles. The van der Waals surface area contributed by atoms with Crippen molar-refractivity contribution in [3.05, 3.63) is 36.2 Å². The smallest absolute Gasteiger partial charge is 0.318 e. The molecule has 2 rings (SSSR count). The Bertz CT molecular complexity index is 626. The predicted octanol–water partition coefficient (Wildman–Crippen LogP) is 0.863. The van der Waals surface area contributed by atoms with E-state index in [1.165, 1.54) is 11.8 Å². The van der Waals surface area contributed by atoms with Gasteiger partial charge in [0.15, 0.2) is 5.16 Å². The fourth-order valence-corrected chi connectivity index (χ4v) is 2.41. The SMILES string of the molecule is Cc1nnc(SCC(=O)NC(N)=O)n1-c1ccccc1. The number of nitrogens with zero attached hydrogens (tertiary/aromatic N) is 3. The van der Waals surface area contributed by atoms with Crippen molar-refractivity contribution in [2.24, 2.45) is 5.73 Å². The number of imide groups is 1. The van der Waals surface area contributed by atoms with Crippen molar-refractivity contribution in [3.63, 3.8) is 0 Å². The monoisotopic (exact) mass is 291 g/mol. The topological polar surface area (TPSA) is 103 Å². The van der Waals surface area contributed by atoms with Gasteiger partial charge in [-0.15, -0.1) is 10.2 Å². The quantitative estimate of drug-likeness (QED) is 0.813. The van der Waals surface area contributed by atoms with Crippen LogP contribution in [0.2, 0.25) is 0 Å². The van der Waals surface area contributed by atoms with Crippen molar-refractivity contribution in [1.82, 2.24) is 20.1 Å². The van der Waals surface area contributed by atoms with Gasteiger partial charge in [0.1, 0.15) is 5.82 Å². The number of carbonyl (C=O) groups excluding carboxylic acids is 2. The van der Waals surface area contributed by atoms with E-state index in [4.69, 9.17) is 5.73 Å². The summed E-state index contributed by atoms with van der Waals surface area (Å²) in [4.78, 5) is 22.0. The molecule has 104 valence electrons. The number of nitrogens with two attached hydrogens (primary N) is 1. The van der Waals surface area contributed by atoms with Gasteiger partial charge in [-0.3, -0.25) is 14.7 Å². The number of urea groups is 1. The van der Waals surface area contributed by atoms with Crippen LogP contribution in [0.3, 0.4) is 0 Å². The van der Waals surface area contributed by atoms with Gasteiger partial charge >= 0.3 is 6.03 Å². The fourth-order valence-electron chi connectivity index (χ4n) is 1.61. The molecule has 0 fully saturated rings.